The molecule has 4 nitrogen and oxygen atoms in total. The Morgan fingerprint density at radius 2 is 2.05 bits per heavy atom. The molecule has 2 aromatic rings. The Balaban J connectivity index is 1.97. The van der Waals surface area contributed by atoms with Crippen molar-refractivity contribution in [1.82, 2.24) is 9.97 Å². The van der Waals surface area contributed by atoms with Crippen LogP contribution in [0.1, 0.15) is 43.0 Å². The number of fused-ring (bicyclic) bond motifs is 1. The molecular weight excluding hydrogens is 280 g/mol. The fraction of sp³-hybridized carbons (Fsp3) is 0.625. The number of anilines is 1. The molecule has 0 amide bonds. The van der Waals surface area contributed by atoms with E-state index in [1.54, 1.807) is 17.7 Å². The van der Waals surface area contributed by atoms with E-state index in [9.17, 15) is 0 Å². The molecule has 0 saturated heterocycles. The molecule has 114 valence electrons. The fourth-order valence-electron chi connectivity index (χ4n) is 3.22. The summed E-state index contributed by atoms with van der Waals surface area (Å²) < 4.78 is 0. The maximum absolute atomic E-state index is 6.12. The Hall–Kier alpha value is -1.20. The number of nitrogens with one attached hydrogen (secondary N) is 1. The highest BCUT2D eigenvalue weighted by Gasteiger charge is 2.33. The first kappa shape index (κ1) is 14.7. The zero-order chi connectivity index (χ0) is 15.0. The third-order valence-electron chi connectivity index (χ3n) is 4.97. The van der Waals surface area contributed by atoms with Crippen LogP contribution < -0.4 is 11.1 Å². The van der Waals surface area contributed by atoms with Gasteiger partial charge in [-0.15, -0.1) is 11.3 Å². The molecule has 0 bridgehead atoms. The molecule has 3 rings (SSSR count). The van der Waals surface area contributed by atoms with Crippen LogP contribution in [0.25, 0.3) is 10.2 Å². The maximum atomic E-state index is 6.12. The molecule has 0 aliphatic heterocycles. The molecule has 2 aromatic heterocycles. The smallest absolute Gasteiger partial charge is 0.138 e. The van der Waals surface area contributed by atoms with Gasteiger partial charge < -0.3 is 11.1 Å². The maximum Gasteiger partial charge on any atom is 0.138 e. The molecule has 1 fully saturated rings. The third kappa shape index (κ3) is 2.64. The number of hydrogen-bond donors (Lipinski definition) is 2. The summed E-state index contributed by atoms with van der Waals surface area (Å²) in [5, 5.41) is 4.86. The van der Waals surface area contributed by atoms with Gasteiger partial charge in [0.25, 0.3) is 0 Å². The molecule has 1 saturated carbocycles. The zero-order valence-corrected chi connectivity index (χ0v) is 13.9. The van der Waals surface area contributed by atoms with E-state index in [4.69, 9.17) is 5.73 Å². The zero-order valence-electron chi connectivity index (χ0n) is 13.1. The van der Waals surface area contributed by atoms with Crippen molar-refractivity contribution >= 4 is 27.4 Å². The lowest BCUT2D eigenvalue weighted by molar-refractivity contribution is 0.271. The van der Waals surface area contributed by atoms with Gasteiger partial charge in [0.2, 0.25) is 0 Å². The van der Waals surface area contributed by atoms with Crippen LogP contribution in [-0.2, 0) is 0 Å². The molecule has 5 heteroatoms. The predicted molar refractivity (Wildman–Crippen MR) is 89.9 cm³/mol. The second-order valence-corrected chi connectivity index (χ2v) is 7.68. The molecule has 1 aliphatic rings. The molecule has 0 spiro atoms. The Bertz CT molecular complexity index is 641. The molecular formula is C16H24N4S. The first-order valence-corrected chi connectivity index (χ1v) is 8.55. The van der Waals surface area contributed by atoms with E-state index in [2.05, 4.69) is 36.1 Å². The monoisotopic (exact) mass is 304 g/mol. The summed E-state index contributed by atoms with van der Waals surface area (Å²) in [7, 11) is 0. The van der Waals surface area contributed by atoms with Crippen molar-refractivity contribution in [2.24, 2.45) is 11.7 Å². The number of rotatable bonds is 3. The molecule has 0 unspecified atom stereocenters. The molecule has 2 heterocycles. The normalized spacial score (nSPS) is 26.2. The van der Waals surface area contributed by atoms with Crippen LogP contribution in [0.3, 0.4) is 0 Å². The number of nitrogens with two attached hydrogens (primary N) is 1. The first-order valence-electron chi connectivity index (χ1n) is 7.73. The summed E-state index contributed by atoms with van der Waals surface area (Å²) in [6, 6.07) is 0. The topological polar surface area (TPSA) is 63.8 Å². The molecule has 0 atom stereocenters. The van der Waals surface area contributed by atoms with Gasteiger partial charge in [-0.05, 0) is 51.0 Å². The number of hydrogen-bond acceptors (Lipinski definition) is 5. The van der Waals surface area contributed by atoms with Crippen molar-refractivity contribution in [3.05, 3.63) is 16.8 Å². The van der Waals surface area contributed by atoms with Crippen molar-refractivity contribution < 1.29 is 0 Å². The van der Waals surface area contributed by atoms with Crippen LogP contribution >= 0.6 is 11.3 Å². The Kier molecular flexibility index (Phi) is 3.88. The predicted octanol–water partition coefficient (Wildman–Crippen LogP) is 3.63. The van der Waals surface area contributed by atoms with Crippen molar-refractivity contribution in [1.29, 1.82) is 0 Å². The minimum absolute atomic E-state index is 0.00389. The third-order valence-corrected chi connectivity index (χ3v) is 6.09. The lowest BCUT2D eigenvalue weighted by Crippen LogP contribution is -2.48. The van der Waals surface area contributed by atoms with E-state index < -0.39 is 0 Å². The average Bonchev–Trinajstić information content (AvgIpc) is 2.78. The second kappa shape index (κ2) is 5.54. The SMILES string of the molecule is Cc1sc2ncnc(NC3(CN)CCC(C)CC3)c2c1C. The lowest BCUT2D eigenvalue weighted by atomic mass is 9.77. The molecule has 0 aromatic carbocycles. The van der Waals surface area contributed by atoms with Crippen LogP contribution in [0.4, 0.5) is 5.82 Å². The van der Waals surface area contributed by atoms with Gasteiger partial charge in [-0.3, -0.25) is 0 Å². The summed E-state index contributed by atoms with van der Waals surface area (Å²) in [5.41, 5.74) is 7.40. The Morgan fingerprint density at radius 3 is 2.71 bits per heavy atom. The van der Waals surface area contributed by atoms with Crippen LogP contribution in [0.2, 0.25) is 0 Å². The minimum atomic E-state index is -0.00389. The van der Waals surface area contributed by atoms with Crippen molar-refractivity contribution in [2.45, 2.75) is 52.0 Å². The van der Waals surface area contributed by atoms with E-state index in [0.717, 1.165) is 29.4 Å². The van der Waals surface area contributed by atoms with E-state index in [-0.39, 0.29) is 5.54 Å². The van der Waals surface area contributed by atoms with Gasteiger partial charge in [-0.2, -0.15) is 0 Å². The van der Waals surface area contributed by atoms with Gasteiger partial charge in [0.1, 0.15) is 17.0 Å². The lowest BCUT2D eigenvalue weighted by Gasteiger charge is -2.39. The summed E-state index contributed by atoms with van der Waals surface area (Å²) in [5.74, 6) is 1.77. The van der Waals surface area contributed by atoms with Gasteiger partial charge in [-0.1, -0.05) is 6.92 Å². The number of nitrogens with zero attached hydrogens (tertiary/aromatic N) is 2. The second-order valence-electron chi connectivity index (χ2n) is 6.48. The van der Waals surface area contributed by atoms with Gasteiger partial charge in [0, 0.05) is 11.4 Å². The van der Waals surface area contributed by atoms with E-state index >= 15 is 0 Å². The van der Waals surface area contributed by atoms with Crippen LogP contribution in [0.5, 0.6) is 0 Å². The summed E-state index contributed by atoms with van der Waals surface area (Å²) in [6.45, 7) is 7.29. The van der Waals surface area contributed by atoms with Crippen LogP contribution in [-0.4, -0.2) is 22.1 Å². The van der Waals surface area contributed by atoms with Crippen molar-refractivity contribution in [3.63, 3.8) is 0 Å². The average molecular weight is 304 g/mol. The van der Waals surface area contributed by atoms with Crippen molar-refractivity contribution in [2.75, 3.05) is 11.9 Å². The van der Waals surface area contributed by atoms with Gasteiger partial charge in [0.05, 0.1) is 10.9 Å². The number of thiophene rings is 1. The van der Waals surface area contributed by atoms with Crippen LogP contribution in [0, 0.1) is 19.8 Å². The molecule has 0 radical (unpaired) electrons. The highest BCUT2D eigenvalue weighted by molar-refractivity contribution is 7.18. The quantitative estimate of drug-likeness (QED) is 0.909. The standard InChI is InChI=1S/C16H24N4S/c1-10-4-6-16(8-17,7-5-10)20-14-13-11(2)12(3)21-15(13)19-9-18-14/h9-10H,4-8,17H2,1-3H3,(H,18,19,20). The number of aryl methyl sites for hydroxylation is 2. The molecule has 1 aliphatic carbocycles. The minimum Gasteiger partial charge on any atom is -0.363 e. The highest BCUT2D eigenvalue weighted by Crippen LogP contribution is 2.37. The Morgan fingerprint density at radius 1 is 1.33 bits per heavy atom. The summed E-state index contributed by atoms with van der Waals surface area (Å²) in [6.07, 6.45) is 6.38. The van der Waals surface area contributed by atoms with E-state index in [0.29, 0.717) is 6.54 Å². The summed E-state index contributed by atoms with van der Waals surface area (Å²) in [4.78, 5) is 11.3. The van der Waals surface area contributed by atoms with Crippen molar-refractivity contribution in [3.8, 4) is 0 Å². The first-order chi connectivity index (χ1) is 10.0. The Labute approximate surface area is 130 Å². The molecule has 21 heavy (non-hydrogen) atoms. The summed E-state index contributed by atoms with van der Waals surface area (Å²) >= 11 is 1.74. The fourth-order valence-corrected chi connectivity index (χ4v) is 4.22. The molecule has 3 N–H and O–H groups in total. The highest BCUT2D eigenvalue weighted by atomic mass is 32.1. The number of aromatic nitrogens is 2. The van der Waals surface area contributed by atoms with Gasteiger partial charge in [-0.25, -0.2) is 9.97 Å². The van der Waals surface area contributed by atoms with Crippen LogP contribution in [0.15, 0.2) is 6.33 Å². The van der Waals surface area contributed by atoms with E-state index in [1.165, 1.54) is 28.7 Å². The van der Waals surface area contributed by atoms with Gasteiger partial charge >= 0.3 is 0 Å². The largest absolute Gasteiger partial charge is 0.363 e. The van der Waals surface area contributed by atoms with E-state index in [1.807, 2.05) is 0 Å². The van der Waals surface area contributed by atoms with Gasteiger partial charge in [0.15, 0.2) is 0 Å².